The number of hydrogen-bond donors (Lipinski definition) is 0. The highest BCUT2D eigenvalue weighted by molar-refractivity contribution is 5.72. The van der Waals surface area contributed by atoms with Crippen molar-refractivity contribution in [3.63, 3.8) is 0 Å². The first kappa shape index (κ1) is 17.0. The molecule has 0 aliphatic heterocycles. The SMILES string of the molecule is CC(=O)OCCCCCCOC(=O)C1CCC(C)CC1. The molecule has 1 saturated carbocycles. The number of carbonyl (C=O) groups excluding carboxylic acids is 2. The maximum Gasteiger partial charge on any atom is 0.308 e. The van der Waals surface area contributed by atoms with Crippen molar-refractivity contribution >= 4 is 11.9 Å². The Morgan fingerprint density at radius 3 is 2.00 bits per heavy atom. The summed E-state index contributed by atoms with van der Waals surface area (Å²) in [6.07, 6.45) is 8.07. The molecule has 116 valence electrons. The van der Waals surface area contributed by atoms with Gasteiger partial charge >= 0.3 is 11.9 Å². The van der Waals surface area contributed by atoms with Gasteiger partial charge in [0.1, 0.15) is 0 Å². The average Bonchev–Trinajstić information content (AvgIpc) is 2.42. The van der Waals surface area contributed by atoms with Crippen molar-refractivity contribution in [2.24, 2.45) is 11.8 Å². The molecule has 20 heavy (non-hydrogen) atoms. The highest BCUT2D eigenvalue weighted by Gasteiger charge is 2.25. The third kappa shape index (κ3) is 7.51. The molecule has 0 aromatic heterocycles. The Morgan fingerprint density at radius 2 is 1.45 bits per heavy atom. The van der Waals surface area contributed by atoms with Crippen molar-refractivity contribution < 1.29 is 19.1 Å². The van der Waals surface area contributed by atoms with Gasteiger partial charge in [-0.15, -0.1) is 0 Å². The molecule has 1 fully saturated rings. The first-order chi connectivity index (χ1) is 9.59. The molecule has 0 aromatic rings. The number of unbranched alkanes of at least 4 members (excludes halogenated alkanes) is 3. The summed E-state index contributed by atoms with van der Waals surface area (Å²) >= 11 is 0. The van der Waals surface area contributed by atoms with Crippen molar-refractivity contribution in [1.29, 1.82) is 0 Å². The average molecular weight is 284 g/mol. The Morgan fingerprint density at radius 1 is 0.900 bits per heavy atom. The summed E-state index contributed by atoms with van der Waals surface area (Å²) in [5.74, 6) is 0.670. The lowest BCUT2D eigenvalue weighted by atomic mass is 9.83. The monoisotopic (exact) mass is 284 g/mol. The highest BCUT2D eigenvalue weighted by Crippen LogP contribution is 2.29. The predicted octanol–water partition coefficient (Wildman–Crippen LogP) is 3.48. The summed E-state index contributed by atoms with van der Waals surface area (Å²) in [6, 6.07) is 0. The van der Waals surface area contributed by atoms with E-state index in [4.69, 9.17) is 9.47 Å². The minimum Gasteiger partial charge on any atom is -0.466 e. The minimum absolute atomic E-state index is 0.00295. The molecule has 0 unspecified atom stereocenters. The Hall–Kier alpha value is -1.06. The summed E-state index contributed by atoms with van der Waals surface area (Å²) in [4.78, 5) is 22.4. The van der Waals surface area contributed by atoms with E-state index >= 15 is 0 Å². The fraction of sp³-hybridized carbons (Fsp3) is 0.875. The van der Waals surface area contributed by atoms with E-state index in [9.17, 15) is 9.59 Å². The van der Waals surface area contributed by atoms with Crippen LogP contribution in [0.3, 0.4) is 0 Å². The van der Waals surface area contributed by atoms with Crippen LogP contribution in [0.2, 0.25) is 0 Å². The molecule has 0 heterocycles. The topological polar surface area (TPSA) is 52.6 Å². The molecule has 0 spiro atoms. The number of esters is 2. The van der Waals surface area contributed by atoms with Gasteiger partial charge in [-0.1, -0.05) is 6.92 Å². The zero-order chi connectivity index (χ0) is 14.8. The normalized spacial score (nSPS) is 22.3. The molecule has 0 aromatic carbocycles. The molecular weight excluding hydrogens is 256 g/mol. The van der Waals surface area contributed by atoms with E-state index in [2.05, 4.69) is 6.92 Å². The fourth-order valence-corrected chi connectivity index (χ4v) is 2.56. The third-order valence-electron chi connectivity index (χ3n) is 3.94. The van der Waals surface area contributed by atoms with Crippen molar-refractivity contribution in [2.45, 2.75) is 65.2 Å². The number of ether oxygens (including phenoxy) is 2. The smallest absolute Gasteiger partial charge is 0.308 e. The second kappa shape index (κ2) is 9.78. The van der Waals surface area contributed by atoms with Crippen molar-refractivity contribution in [2.75, 3.05) is 13.2 Å². The molecule has 0 N–H and O–H groups in total. The van der Waals surface area contributed by atoms with Crippen LogP contribution < -0.4 is 0 Å². The van der Waals surface area contributed by atoms with Crippen LogP contribution in [0.5, 0.6) is 0 Å². The van der Waals surface area contributed by atoms with Gasteiger partial charge in [0.2, 0.25) is 0 Å². The van der Waals surface area contributed by atoms with Gasteiger partial charge in [0.05, 0.1) is 19.1 Å². The molecule has 0 bridgehead atoms. The first-order valence-electron chi connectivity index (χ1n) is 7.89. The van der Waals surface area contributed by atoms with Crippen LogP contribution in [0.1, 0.15) is 65.2 Å². The lowest BCUT2D eigenvalue weighted by molar-refractivity contribution is -0.150. The van der Waals surface area contributed by atoms with Crippen LogP contribution in [-0.4, -0.2) is 25.2 Å². The summed E-state index contributed by atoms with van der Waals surface area (Å²) in [7, 11) is 0. The van der Waals surface area contributed by atoms with E-state index in [0.29, 0.717) is 13.2 Å². The van der Waals surface area contributed by atoms with Gasteiger partial charge in [-0.2, -0.15) is 0 Å². The third-order valence-corrected chi connectivity index (χ3v) is 3.94. The molecule has 1 aliphatic carbocycles. The second-order valence-electron chi connectivity index (χ2n) is 5.88. The first-order valence-corrected chi connectivity index (χ1v) is 7.89. The van der Waals surface area contributed by atoms with E-state index in [0.717, 1.165) is 57.3 Å². The van der Waals surface area contributed by atoms with Crippen molar-refractivity contribution in [3.8, 4) is 0 Å². The zero-order valence-corrected chi connectivity index (χ0v) is 12.9. The molecule has 4 nitrogen and oxygen atoms in total. The minimum atomic E-state index is -0.222. The van der Waals surface area contributed by atoms with E-state index in [1.165, 1.54) is 6.92 Å². The van der Waals surface area contributed by atoms with Gasteiger partial charge in [0, 0.05) is 6.92 Å². The quantitative estimate of drug-likeness (QED) is 0.506. The second-order valence-corrected chi connectivity index (χ2v) is 5.88. The summed E-state index contributed by atoms with van der Waals surface area (Å²) in [5.41, 5.74) is 0. The van der Waals surface area contributed by atoms with Gasteiger partial charge in [0.25, 0.3) is 0 Å². The van der Waals surface area contributed by atoms with E-state index in [1.54, 1.807) is 0 Å². The molecular formula is C16H28O4. The fourth-order valence-electron chi connectivity index (χ4n) is 2.56. The van der Waals surface area contributed by atoms with Crippen LogP contribution in [0.15, 0.2) is 0 Å². The number of hydrogen-bond acceptors (Lipinski definition) is 4. The van der Waals surface area contributed by atoms with Gasteiger partial charge in [-0.3, -0.25) is 9.59 Å². The van der Waals surface area contributed by atoms with E-state index in [1.807, 2.05) is 0 Å². The Balaban J connectivity index is 1.93. The maximum atomic E-state index is 11.8. The molecule has 4 heteroatoms. The van der Waals surface area contributed by atoms with Crippen LogP contribution in [-0.2, 0) is 19.1 Å². The number of rotatable bonds is 8. The highest BCUT2D eigenvalue weighted by atomic mass is 16.5. The Kier molecular flexibility index (Phi) is 8.31. The van der Waals surface area contributed by atoms with Gasteiger partial charge in [0.15, 0.2) is 0 Å². The summed E-state index contributed by atoms with van der Waals surface area (Å²) < 4.78 is 10.2. The van der Waals surface area contributed by atoms with Crippen molar-refractivity contribution in [3.05, 3.63) is 0 Å². The van der Waals surface area contributed by atoms with Crippen molar-refractivity contribution in [1.82, 2.24) is 0 Å². The molecule has 1 aliphatic rings. The van der Waals surface area contributed by atoms with Gasteiger partial charge in [-0.25, -0.2) is 0 Å². The lowest BCUT2D eigenvalue weighted by Gasteiger charge is -2.24. The molecule has 0 atom stereocenters. The maximum absolute atomic E-state index is 11.8. The largest absolute Gasteiger partial charge is 0.466 e. The van der Waals surface area contributed by atoms with Crippen LogP contribution in [0, 0.1) is 11.8 Å². The summed E-state index contributed by atoms with van der Waals surface area (Å²) in [5, 5.41) is 0. The number of carbonyl (C=O) groups is 2. The van der Waals surface area contributed by atoms with E-state index < -0.39 is 0 Å². The molecule has 0 saturated heterocycles. The summed E-state index contributed by atoms with van der Waals surface area (Å²) in [6.45, 7) is 4.69. The van der Waals surface area contributed by atoms with Crippen LogP contribution in [0.4, 0.5) is 0 Å². The van der Waals surface area contributed by atoms with Gasteiger partial charge < -0.3 is 9.47 Å². The van der Waals surface area contributed by atoms with E-state index in [-0.39, 0.29) is 17.9 Å². The van der Waals surface area contributed by atoms with Crippen LogP contribution >= 0.6 is 0 Å². The Bertz CT molecular complexity index is 293. The Labute approximate surface area is 122 Å². The van der Waals surface area contributed by atoms with Crippen LogP contribution in [0.25, 0.3) is 0 Å². The lowest BCUT2D eigenvalue weighted by Crippen LogP contribution is -2.23. The van der Waals surface area contributed by atoms with Gasteiger partial charge in [-0.05, 0) is 57.3 Å². The predicted molar refractivity (Wildman–Crippen MR) is 77.2 cm³/mol. The molecule has 1 rings (SSSR count). The molecule has 0 radical (unpaired) electrons. The zero-order valence-electron chi connectivity index (χ0n) is 12.9. The standard InChI is InChI=1S/C16H28O4/c1-13-7-9-15(10-8-13)16(18)20-12-6-4-3-5-11-19-14(2)17/h13,15H,3-12H2,1-2H3. The molecule has 0 amide bonds.